The lowest BCUT2D eigenvalue weighted by atomic mass is 10.2. The fourth-order valence-corrected chi connectivity index (χ4v) is 2.70. The van der Waals surface area contributed by atoms with Gasteiger partial charge in [-0.2, -0.15) is 0 Å². The van der Waals surface area contributed by atoms with Gasteiger partial charge in [0.25, 0.3) is 5.82 Å². The fraction of sp³-hybridized carbons (Fsp3) is 0.176. The standard InChI is InChI=1S/C17H17N2O.BrH/c1-13(20)12-19-16-11-7-6-10-15(16)18(2)17(19)14-8-4-3-5-9-14;/h3-11H,12H2,1-2H3;1H/q+1;/p-1. The van der Waals surface area contributed by atoms with Crippen LogP contribution in [-0.2, 0) is 18.4 Å². The minimum Gasteiger partial charge on any atom is -1.00 e. The second kappa shape index (κ2) is 6.22. The third-order valence-corrected chi connectivity index (χ3v) is 3.52. The number of benzene rings is 2. The molecule has 0 N–H and O–H groups in total. The molecule has 108 valence electrons. The minimum absolute atomic E-state index is 0. The summed E-state index contributed by atoms with van der Waals surface area (Å²) < 4.78 is 4.24. The summed E-state index contributed by atoms with van der Waals surface area (Å²) in [7, 11) is 2.04. The van der Waals surface area contributed by atoms with Crippen molar-refractivity contribution in [3.05, 3.63) is 54.6 Å². The van der Waals surface area contributed by atoms with Crippen molar-refractivity contribution in [3.63, 3.8) is 0 Å². The van der Waals surface area contributed by atoms with Crippen molar-refractivity contribution in [2.45, 2.75) is 13.5 Å². The van der Waals surface area contributed by atoms with E-state index >= 15 is 0 Å². The lowest BCUT2D eigenvalue weighted by molar-refractivity contribution is -0.634. The second-order valence-corrected chi connectivity index (χ2v) is 5.03. The lowest BCUT2D eigenvalue weighted by Gasteiger charge is -2.01. The molecule has 4 heteroatoms. The van der Waals surface area contributed by atoms with Crippen LogP contribution in [0.25, 0.3) is 22.4 Å². The van der Waals surface area contributed by atoms with Crippen molar-refractivity contribution in [1.82, 2.24) is 4.57 Å². The van der Waals surface area contributed by atoms with Crippen LogP contribution < -0.4 is 21.5 Å². The monoisotopic (exact) mass is 344 g/mol. The van der Waals surface area contributed by atoms with Crippen LogP contribution in [0, 0.1) is 0 Å². The van der Waals surface area contributed by atoms with E-state index in [1.54, 1.807) is 6.92 Å². The van der Waals surface area contributed by atoms with E-state index in [9.17, 15) is 4.79 Å². The third kappa shape index (κ3) is 2.76. The molecule has 0 aliphatic rings. The Morgan fingerprint density at radius 1 is 1.05 bits per heavy atom. The number of para-hydroxylation sites is 2. The topological polar surface area (TPSA) is 25.9 Å². The molecule has 1 heterocycles. The summed E-state index contributed by atoms with van der Waals surface area (Å²) in [6.45, 7) is 2.02. The Labute approximate surface area is 134 Å². The Hall–Kier alpha value is -1.94. The summed E-state index contributed by atoms with van der Waals surface area (Å²) in [6.07, 6.45) is 0. The van der Waals surface area contributed by atoms with E-state index in [2.05, 4.69) is 33.4 Å². The number of carbonyl (C=O) groups is 1. The Morgan fingerprint density at radius 2 is 1.67 bits per heavy atom. The van der Waals surface area contributed by atoms with Crippen LogP contribution >= 0.6 is 0 Å². The molecule has 0 saturated heterocycles. The zero-order chi connectivity index (χ0) is 14.1. The predicted molar refractivity (Wildman–Crippen MR) is 79.2 cm³/mol. The number of rotatable bonds is 3. The molecule has 1 aromatic heterocycles. The number of nitrogens with zero attached hydrogens (tertiary/aromatic N) is 2. The maximum Gasteiger partial charge on any atom is 0.290 e. The summed E-state index contributed by atoms with van der Waals surface area (Å²) in [4.78, 5) is 11.6. The smallest absolute Gasteiger partial charge is 0.290 e. The average molecular weight is 345 g/mol. The molecule has 3 rings (SSSR count). The van der Waals surface area contributed by atoms with Gasteiger partial charge in [0.1, 0.15) is 6.54 Å². The second-order valence-electron chi connectivity index (χ2n) is 5.03. The van der Waals surface area contributed by atoms with E-state index in [1.165, 1.54) is 0 Å². The normalized spacial score (nSPS) is 10.4. The number of imidazole rings is 1. The van der Waals surface area contributed by atoms with Crippen molar-refractivity contribution in [2.24, 2.45) is 7.05 Å². The number of aryl methyl sites for hydroxylation is 1. The number of fused-ring (bicyclic) bond motifs is 1. The molecule has 0 aliphatic heterocycles. The van der Waals surface area contributed by atoms with Gasteiger partial charge in [-0.1, -0.05) is 30.3 Å². The first-order valence-corrected chi connectivity index (χ1v) is 6.70. The number of ketones is 1. The number of carbonyl (C=O) groups excluding carboxylic acids is 1. The van der Waals surface area contributed by atoms with Crippen LogP contribution in [0.15, 0.2) is 54.6 Å². The van der Waals surface area contributed by atoms with E-state index in [-0.39, 0.29) is 22.8 Å². The fourth-order valence-electron chi connectivity index (χ4n) is 2.70. The largest absolute Gasteiger partial charge is 1.00 e. The molecule has 0 fully saturated rings. The Bertz CT molecular complexity index is 778. The number of hydrogen-bond acceptors (Lipinski definition) is 1. The van der Waals surface area contributed by atoms with E-state index in [0.717, 1.165) is 22.4 Å². The van der Waals surface area contributed by atoms with Crippen LogP contribution in [0.3, 0.4) is 0 Å². The van der Waals surface area contributed by atoms with Gasteiger partial charge in [-0.3, -0.25) is 4.79 Å². The first-order chi connectivity index (χ1) is 9.68. The molecule has 21 heavy (non-hydrogen) atoms. The van der Waals surface area contributed by atoms with Crippen LogP contribution in [0.5, 0.6) is 0 Å². The highest BCUT2D eigenvalue weighted by atomic mass is 79.9. The number of hydrogen-bond donors (Lipinski definition) is 0. The van der Waals surface area contributed by atoms with E-state index in [4.69, 9.17) is 0 Å². The average Bonchev–Trinajstić information content (AvgIpc) is 2.73. The van der Waals surface area contributed by atoms with Gasteiger partial charge in [-0.25, -0.2) is 9.13 Å². The Morgan fingerprint density at radius 3 is 2.33 bits per heavy atom. The number of aromatic nitrogens is 2. The quantitative estimate of drug-likeness (QED) is 0.600. The Kier molecular flexibility index (Phi) is 4.58. The van der Waals surface area contributed by atoms with Gasteiger partial charge < -0.3 is 17.0 Å². The van der Waals surface area contributed by atoms with Gasteiger partial charge in [0, 0.05) is 0 Å². The Balaban J connectivity index is 0.00000161. The van der Waals surface area contributed by atoms with E-state index in [1.807, 2.05) is 37.4 Å². The molecular weight excluding hydrogens is 328 g/mol. The first-order valence-electron chi connectivity index (χ1n) is 6.70. The molecule has 0 bridgehead atoms. The molecule has 2 aromatic carbocycles. The summed E-state index contributed by atoms with van der Waals surface area (Å²) >= 11 is 0. The zero-order valence-corrected chi connectivity index (χ0v) is 13.7. The summed E-state index contributed by atoms with van der Waals surface area (Å²) in [5.41, 5.74) is 3.34. The van der Waals surface area contributed by atoms with Gasteiger partial charge in [0.05, 0.1) is 12.6 Å². The summed E-state index contributed by atoms with van der Waals surface area (Å²) in [5, 5.41) is 0. The predicted octanol–water partition coefficient (Wildman–Crippen LogP) is -0.274. The van der Waals surface area contributed by atoms with Gasteiger partial charge in [0.15, 0.2) is 16.8 Å². The molecule has 3 nitrogen and oxygen atoms in total. The lowest BCUT2D eigenvalue weighted by Crippen LogP contribution is -3.00. The highest BCUT2D eigenvalue weighted by Crippen LogP contribution is 2.22. The maximum absolute atomic E-state index is 11.6. The first kappa shape index (κ1) is 15.4. The third-order valence-electron chi connectivity index (χ3n) is 3.52. The van der Waals surface area contributed by atoms with Crippen LogP contribution in [0.4, 0.5) is 0 Å². The highest BCUT2D eigenvalue weighted by Gasteiger charge is 2.24. The molecule has 0 unspecified atom stereocenters. The molecule has 0 atom stereocenters. The van der Waals surface area contributed by atoms with Crippen molar-refractivity contribution >= 4 is 16.8 Å². The van der Waals surface area contributed by atoms with Crippen molar-refractivity contribution < 1.29 is 26.3 Å². The van der Waals surface area contributed by atoms with Gasteiger partial charge in [0.2, 0.25) is 0 Å². The summed E-state index contributed by atoms with van der Waals surface area (Å²) in [5.74, 6) is 1.21. The molecule has 0 saturated carbocycles. The van der Waals surface area contributed by atoms with E-state index < -0.39 is 0 Å². The van der Waals surface area contributed by atoms with Crippen molar-refractivity contribution in [2.75, 3.05) is 0 Å². The number of halogens is 1. The van der Waals surface area contributed by atoms with Crippen molar-refractivity contribution in [3.8, 4) is 11.4 Å². The maximum atomic E-state index is 11.6. The zero-order valence-electron chi connectivity index (χ0n) is 12.1. The van der Waals surface area contributed by atoms with Crippen molar-refractivity contribution in [1.29, 1.82) is 0 Å². The molecule has 0 aliphatic carbocycles. The van der Waals surface area contributed by atoms with Gasteiger partial charge in [-0.15, -0.1) is 0 Å². The molecule has 0 radical (unpaired) electrons. The van der Waals surface area contributed by atoms with E-state index in [0.29, 0.717) is 6.54 Å². The van der Waals surface area contributed by atoms with Crippen LogP contribution in [-0.4, -0.2) is 10.4 Å². The summed E-state index contributed by atoms with van der Waals surface area (Å²) in [6, 6.07) is 18.4. The van der Waals surface area contributed by atoms with Gasteiger partial charge in [-0.05, 0) is 31.2 Å². The SMILES string of the molecule is CC(=O)Cn1c(-c2ccccc2)[n+](C)c2ccccc21.[Br-]. The number of Topliss-reactive ketones (excluding diaryl/α,β-unsaturated/α-hetero) is 1. The van der Waals surface area contributed by atoms with Crippen LogP contribution in [0.2, 0.25) is 0 Å². The molecule has 0 spiro atoms. The minimum atomic E-state index is 0. The molecule has 3 aromatic rings. The highest BCUT2D eigenvalue weighted by molar-refractivity contribution is 5.81. The molecular formula is C17H17BrN2O. The van der Waals surface area contributed by atoms with Crippen LogP contribution in [0.1, 0.15) is 6.92 Å². The molecule has 0 amide bonds. The van der Waals surface area contributed by atoms with Gasteiger partial charge >= 0.3 is 0 Å².